The molecule has 0 aromatic heterocycles. The normalized spacial score (nSPS) is 11.8. The molecule has 1 unspecified atom stereocenters. The summed E-state index contributed by atoms with van der Waals surface area (Å²) in [4.78, 5) is 11.0. The Morgan fingerprint density at radius 2 is 1.80 bits per heavy atom. The highest BCUT2D eigenvalue weighted by atomic mass is 16.5. The van der Waals surface area contributed by atoms with Gasteiger partial charge in [0.15, 0.2) is 0 Å². The van der Waals surface area contributed by atoms with Crippen LogP contribution in [-0.2, 0) is 11.4 Å². The molecule has 0 spiro atoms. The van der Waals surface area contributed by atoms with Crippen LogP contribution in [0, 0.1) is 0 Å². The predicted octanol–water partition coefficient (Wildman–Crippen LogP) is 2.61. The van der Waals surface area contributed by atoms with Crippen molar-refractivity contribution in [1.29, 1.82) is 0 Å². The third-order valence-electron chi connectivity index (χ3n) is 3.00. The molecule has 2 aromatic carbocycles. The lowest BCUT2D eigenvalue weighted by Gasteiger charge is -2.12. The zero-order valence-corrected chi connectivity index (χ0v) is 11.2. The van der Waals surface area contributed by atoms with Crippen molar-refractivity contribution in [1.82, 2.24) is 5.32 Å². The summed E-state index contributed by atoms with van der Waals surface area (Å²) in [6, 6.07) is 16.3. The first-order valence-corrected chi connectivity index (χ1v) is 6.37. The summed E-state index contributed by atoms with van der Waals surface area (Å²) in [6.07, 6.45) is 0. The molecular weight excluding hydrogens is 254 g/mol. The Labute approximate surface area is 118 Å². The van der Waals surface area contributed by atoms with Gasteiger partial charge in [-0.15, -0.1) is 0 Å². The minimum Gasteiger partial charge on any atom is -0.489 e. The van der Waals surface area contributed by atoms with E-state index in [0.717, 1.165) is 11.3 Å². The van der Waals surface area contributed by atoms with Gasteiger partial charge in [-0.25, -0.2) is 0 Å². The number of aliphatic carboxylic acids is 1. The summed E-state index contributed by atoms with van der Waals surface area (Å²) in [5.41, 5.74) is 1.79. The van der Waals surface area contributed by atoms with Crippen molar-refractivity contribution in [2.75, 3.05) is 7.05 Å². The Bertz CT molecular complexity index is 552. The zero-order valence-electron chi connectivity index (χ0n) is 11.2. The SMILES string of the molecule is CNC(C(=O)O)c1ccc(OCc2ccccc2)cc1. The highest BCUT2D eigenvalue weighted by molar-refractivity contribution is 5.75. The van der Waals surface area contributed by atoms with Crippen LogP contribution >= 0.6 is 0 Å². The fourth-order valence-corrected chi connectivity index (χ4v) is 1.93. The maximum Gasteiger partial charge on any atom is 0.325 e. The van der Waals surface area contributed by atoms with E-state index in [4.69, 9.17) is 9.84 Å². The van der Waals surface area contributed by atoms with E-state index in [1.54, 1.807) is 31.3 Å². The number of carbonyl (C=O) groups is 1. The number of ether oxygens (including phenoxy) is 1. The molecule has 0 aliphatic heterocycles. The van der Waals surface area contributed by atoms with Crippen LogP contribution in [-0.4, -0.2) is 18.1 Å². The molecule has 0 fully saturated rings. The fraction of sp³-hybridized carbons (Fsp3) is 0.188. The van der Waals surface area contributed by atoms with Crippen molar-refractivity contribution < 1.29 is 14.6 Å². The van der Waals surface area contributed by atoms with E-state index in [0.29, 0.717) is 12.2 Å². The number of nitrogens with one attached hydrogen (secondary N) is 1. The molecule has 2 aromatic rings. The molecule has 104 valence electrons. The number of benzene rings is 2. The van der Waals surface area contributed by atoms with Crippen LogP contribution in [0.2, 0.25) is 0 Å². The van der Waals surface area contributed by atoms with E-state index < -0.39 is 12.0 Å². The molecule has 0 amide bonds. The summed E-state index contributed by atoms with van der Waals surface area (Å²) < 4.78 is 5.65. The summed E-state index contributed by atoms with van der Waals surface area (Å²) >= 11 is 0. The van der Waals surface area contributed by atoms with Crippen molar-refractivity contribution in [3.63, 3.8) is 0 Å². The molecular formula is C16H17NO3. The molecule has 4 heteroatoms. The van der Waals surface area contributed by atoms with Crippen molar-refractivity contribution in [3.8, 4) is 5.75 Å². The Morgan fingerprint density at radius 3 is 2.35 bits per heavy atom. The number of hydrogen-bond acceptors (Lipinski definition) is 3. The second-order valence-electron chi connectivity index (χ2n) is 4.40. The molecule has 0 bridgehead atoms. The number of carboxylic acid groups (broad SMARTS) is 1. The van der Waals surface area contributed by atoms with Gasteiger partial charge in [0.05, 0.1) is 0 Å². The van der Waals surface area contributed by atoms with E-state index >= 15 is 0 Å². The molecule has 0 radical (unpaired) electrons. The van der Waals surface area contributed by atoms with Crippen LogP contribution in [0.5, 0.6) is 5.75 Å². The van der Waals surface area contributed by atoms with Gasteiger partial charge in [-0.05, 0) is 30.3 Å². The van der Waals surface area contributed by atoms with Crippen LogP contribution < -0.4 is 10.1 Å². The first-order chi connectivity index (χ1) is 9.70. The zero-order chi connectivity index (χ0) is 14.4. The molecule has 2 rings (SSSR count). The van der Waals surface area contributed by atoms with Gasteiger partial charge in [0.1, 0.15) is 18.4 Å². The average Bonchev–Trinajstić information content (AvgIpc) is 2.48. The largest absolute Gasteiger partial charge is 0.489 e. The Kier molecular flexibility index (Phi) is 4.74. The minimum atomic E-state index is -0.898. The molecule has 20 heavy (non-hydrogen) atoms. The number of likely N-dealkylation sites (N-methyl/N-ethyl adjacent to an activating group) is 1. The van der Waals surface area contributed by atoms with Crippen molar-refractivity contribution in [3.05, 3.63) is 65.7 Å². The topological polar surface area (TPSA) is 58.6 Å². The molecule has 4 nitrogen and oxygen atoms in total. The van der Waals surface area contributed by atoms with E-state index in [1.807, 2.05) is 30.3 Å². The van der Waals surface area contributed by atoms with Gasteiger partial charge in [-0.2, -0.15) is 0 Å². The van der Waals surface area contributed by atoms with Gasteiger partial charge in [0.2, 0.25) is 0 Å². The summed E-state index contributed by atoms with van der Waals surface area (Å²) in [7, 11) is 1.62. The molecule has 0 aliphatic carbocycles. The van der Waals surface area contributed by atoms with E-state index in [9.17, 15) is 4.79 Å². The smallest absolute Gasteiger partial charge is 0.325 e. The maximum atomic E-state index is 11.0. The van der Waals surface area contributed by atoms with E-state index in [2.05, 4.69) is 5.32 Å². The van der Waals surface area contributed by atoms with Crippen LogP contribution in [0.3, 0.4) is 0 Å². The Morgan fingerprint density at radius 1 is 1.15 bits per heavy atom. The minimum absolute atomic E-state index is 0.495. The molecule has 0 saturated heterocycles. The Balaban J connectivity index is 2.00. The fourth-order valence-electron chi connectivity index (χ4n) is 1.93. The van der Waals surface area contributed by atoms with E-state index in [1.165, 1.54) is 0 Å². The summed E-state index contributed by atoms with van der Waals surface area (Å²) in [6.45, 7) is 0.495. The molecule has 2 N–H and O–H groups in total. The van der Waals surface area contributed by atoms with Gasteiger partial charge in [0.25, 0.3) is 0 Å². The van der Waals surface area contributed by atoms with Gasteiger partial charge < -0.3 is 15.2 Å². The van der Waals surface area contributed by atoms with Crippen molar-refractivity contribution in [2.45, 2.75) is 12.6 Å². The molecule has 0 aliphatic rings. The van der Waals surface area contributed by atoms with Crippen molar-refractivity contribution >= 4 is 5.97 Å². The third kappa shape index (κ3) is 3.59. The highest BCUT2D eigenvalue weighted by Crippen LogP contribution is 2.18. The average molecular weight is 271 g/mol. The number of carboxylic acids is 1. The van der Waals surface area contributed by atoms with E-state index in [-0.39, 0.29) is 0 Å². The molecule has 1 atom stereocenters. The number of rotatable bonds is 6. The van der Waals surface area contributed by atoms with Gasteiger partial charge in [-0.3, -0.25) is 4.79 Å². The predicted molar refractivity (Wildman–Crippen MR) is 76.7 cm³/mol. The number of hydrogen-bond donors (Lipinski definition) is 2. The lowest BCUT2D eigenvalue weighted by atomic mass is 10.1. The van der Waals surface area contributed by atoms with Crippen LogP contribution in [0.1, 0.15) is 17.2 Å². The molecule has 0 saturated carbocycles. The van der Waals surface area contributed by atoms with Crippen LogP contribution in [0.15, 0.2) is 54.6 Å². The summed E-state index contributed by atoms with van der Waals surface area (Å²) in [5, 5.41) is 11.8. The van der Waals surface area contributed by atoms with Crippen LogP contribution in [0.25, 0.3) is 0 Å². The second-order valence-corrected chi connectivity index (χ2v) is 4.40. The standard InChI is InChI=1S/C16H17NO3/c1-17-15(16(18)19)13-7-9-14(10-8-13)20-11-12-5-3-2-4-6-12/h2-10,15,17H,11H2,1H3,(H,18,19). The lowest BCUT2D eigenvalue weighted by Crippen LogP contribution is -2.24. The van der Waals surface area contributed by atoms with Gasteiger partial charge in [-0.1, -0.05) is 42.5 Å². The molecule has 0 heterocycles. The summed E-state index contributed by atoms with van der Waals surface area (Å²) in [5.74, 6) is -0.178. The maximum absolute atomic E-state index is 11.0. The monoisotopic (exact) mass is 271 g/mol. The lowest BCUT2D eigenvalue weighted by molar-refractivity contribution is -0.139. The second kappa shape index (κ2) is 6.73. The van der Waals surface area contributed by atoms with Crippen molar-refractivity contribution in [2.24, 2.45) is 0 Å². The third-order valence-corrected chi connectivity index (χ3v) is 3.00. The van der Waals surface area contributed by atoms with Gasteiger partial charge in [0, 0.05) is 0 Å². The first-order valence-electron chi connectivity index (χ1n) is 6.37. The first kappa shape index (κ1) is 14.1. The Hall–Kier alpha value is -2.33. The quantitative estimate of drug-likeness (QED) is 0.848. The van der Waals surface area contributed by atoms with Gasteiger partial charge >= 0.3 is 5.97 Å². The van der Waals surface area contributed by atoms with Crippen LogP contribution in [0.4, 0.5) is 0 Å². The highest BCUT2D eigenvalue weighted by Gasteiger charge is 2.16.